The van der Waals surface area contributed by atoms with E-state index in [4.69, 9.17) is 10.5 Å². The molecule has 0 saturated carbocycles. The molecule has 0 spiro atoms. The van der Waals surface area contributed by atoms with E-state index in [2.05, 4.69) is 35.4 Å². The normalized spacial score (nSPS) is 11.5. The predicted octanol–water partition coefficient (Wildman–Crippen LogP) is 3.32. The summed E-state index contributed by atoms with van der Waals surface area (Å²) in [5.74, 6) is 0.422. The highest BCUT2D eigenvalue weighted by Crippen LogP contribution is 2.11. The standard InChI is InChI=1S/C18H23N3O/c1-3-14-6-5-9-17(11-14)21-18(19)20-12-15-7-4-8-16(10-15)13-22-2/h4-11H,3,12-13H2,1-2H3,(H3,19,20,21). The van der Waals surface area contributed by atoms with Crippen LogP contribution in [0.4, 0.5) is 5.69 Å². The lowest BCUT2D eigenvalue weighted by atomic mass is 10.1. The van der Waals surface area contributed by atoms with Crippen molar-refractivity contribution in [2.45, 2.75) is 26.5 Å². The molecule has 0 aliphatic rings. The van der Waals surface area contributed by atoms with Gasteiger partial charge in [0.1, 0.15) is 0 Å². The van der Waals surface area contributed by atoms with Gasteiger partial charge in [0.05, 0.1) is 13.2 Å². The second kappa shape index (κ2) is 8.20. The Morgan fingerprint density at radius 3 is 2.59 bits per heavy atom. The van der Waals surface area contributed by atoms with E-state index < -0.39 is 0 Å². The van der Waals surface area contributed by atoms with Crippen LogP contribution in [0.3, 0.4) is 0 Å². The number of nitrogens with two attached hydrogens (primary N) is 1. The van der Waals surface area contributed by atoms with Crippen molar-refractivity contribution in [3.05, 3.63) is 65.2 Å². The number of rotatable bonds is 6. The largest absolute Gasteiger partial charge is 0.380 e. The lowest BCUT2D eigenvalue weighted by Gasteiger charge is -2.07. The van der Waals surface area contributed by atoms with Crippen LogP contribution in [-0.4, -0.2) is 13.1 Å². The third kappa shape index (κ3) is 4.90. The average Bonchev–Trinajstić information content (AvgIpc) is 2.54. The minimum Gasteiger partial charge on any atom is -0.380 e. The maximum absolute atomic E-state index is 5.96. The summed E-state index contributed by atoms with van der Waals surface area (Å²) in [5.41, 5.74) is 10.4. The van der Waals surface area contributed by atoms with Crippen LogP contribution in [0.15, 0.2) is 53.5 Å². The molecule has 0 aliphatic carbocycles. The van der Waals surface area contributed by atoms with Gasteiger partial charge in [-0.1, -0.05) is 43.3 Å². The number of anilines is 1. The molecule has 2 aromatic carbocycles. The van der Waals surface area contributed by atoms with Gasteiger partial charge >= 0.3 is 0 Å². The summed E-state index contributed by atoms with van der Waals surface area (Å²) in [6.07, 6.45) is 0.999. The molecule has 0 bridgehead atoms. The van der Waals surface area contributed by atoms with Crippen LogP contribution in [0, 0.1) is 0 Å². The molecule has 0 atom stereocenters. The van der Waals surface area contributed by atoms with Gasteiger partial charge in [-0.3, -0.25) is 0 Å². The smallest absolute Gasteiger partial charge is 0.193 e. The average molecular weight is 297 g/mol. The minimum atomic E-state index is 0.422. The molecule has 0 saturated heterocycles. The second-order valence-corrected chi connectivity index (χ2v) is 5.13. The number of benzene rings is 2. The number of guanidine groups is 1. The summed E-state index contributed by atoms with van der Waals surface area (Å²) in [4.78, 5) is 4.39. The van der Waals surface area contributed by atoms with E-state index in [1.807, 2.05) is 30.3 Å². The number of ether oxygens (including phenoxy) is 1. The van der Waals surface area contributed by atoms with Gasteiger partial charge in [-0.25, -0.2) is 4.99 Å². The first kappa shape index (κ1) is 16.0. The molecular formula is C18H23N3O. The lowest BCUT2D eigenvalue weighted by molar-refractivity contribution is 0.185. The van der Waals surface area contributed by atoms with E-state index in [1.54, 1.807) is 7.11 Å². The molecule has 0 radical (unpaired) electrons. The molecular weight excluding hydrogens is 274 g/mol. The first-order valence-electron chi connectivity index (χ1n) is 7.44. The van der Waals surface area contributed by atoms with Crippen molar-refractivity contribution in [1.82, 2.24) is 0 Å². The molecule has 2 aromatic rings. The van der Waals surface area contributed by atoms with Gasteiger partial charge < -0.3 is 15.8 Å². The fraction of sp³-hybridized carbons (Fsp3) is 0.278. The highest BCUT2D eigenvalue weighted by Gasteiger charge is 1.98. The van der Waals surface area contributed by atoms with Crippen molar-refractivity contribution >= 4 is 11.6 Å². The van der Waals surface area contributed by atoms with Gasteiger partial charge in [-0.2, -0.15) is 0 Å². The maximum Gasteiger partial charge on any atom is 0.193 e. The highest BCUT2D eigenvalue weighted by atomic mass is 16.5. The topological polar surface area (TPSA) is 59.6 Å². The predicted molar refractivity (Wildman–Crippen MR) is 91.9 cm³/mol. The van der Waals surface area contributed by atoms with Gasteiger partial charge in [0, 0.05) is 12.8 Å². The molecule has 0 fully saturated rings. The first-order valence-corrected chi connectivity index (χ1v) is 7.44. The van der Waals surface area contributed by atoms with Gasteiger partial charge in [-0.05, 0) is 35.2 Å². The summed E-state index contributed by atoms with van der Waals surface area (Å²) < 4.78 is 5.14. The van der Waals surface area contributed by atoms with Crippen LogP contribution < -0.4 is 11.1 Å². The number of methoxy groups -OCH3 is 1. The Hall–Kier alpha value is -2.33. The van der Waals surface area contributed by atoms with Crippen LogP contribution in [0.1, 0.15) is 23.6 Å². The number of hydrogen-bond donors (Lipinski definition) is 2. The van der Waals surface area contributed by atoms with Gasteiger partial charge in [0.2, 0.25) is 0 Å². The monoisotopic (exact) mass is 297 g/mol. The molecule has 0 aliphatic heterocycles. The summed E-state index contributed by atoms with van der Waals surface area (Å²) >= 11 is 0. The van der Waals surface area contributed by atoms with Gasteiger partial charge in [-0.15, -0.1) is 0 Å². The molecule has 0 heterocycles. The van der Waals surface area contributed by atoms with E-state index in [9.17, 15) is 0 Å². The van der Waals surface area contributed by atoms with E-state index >= 15 is 0 Å². The molecule has 4 heteroatoms. The van der Waals surface area contributed by atoms with E-state index in [-0.39, 0.29) is 0 Å². The third-order valence-corrected chi connectivity index (χ3v) is 3.34. The number of aliphatic imine (C=N–C) groups is 1. The second-order valence-electron chi connectivity index (χ2n) is 5.13. The maximum atomic E-state index is 5.96. The lowest BCUT2D eigenvalue weighted by Crippen LogP contribution is -2.22. The Morgan fingerprint density at radius 2 is 1.82 bits per heavy atom. The summed E-state index contributed by atoms with van der Waals surface area (Å²) in [6.45, 7) is 3.28. The van der Waals surface area contributed by atoms with Crippen LogP contribution in [-0.2, 0) is 24.3 Å². The molecule has 22 heavy (non-hydrogen) atoms. The zero-order valence-electron chi connectivity index (χ0n) is 13.2. The summed E-state index contributed by atoms with van der Waals surface area (Å²) in [7, 11) is 1.69. The molecule has 0 aromatic heterocycles. The zero-order valence-corrected chi connectivity index (χ0v) is 13.2. The zero-order chi connectivity index (χ0) is 15.8. The van der Waals surface area contributed by atoms with Crippen molar-refractivity contribution in [2.24, 2.45) is 10.7 Å². The Labute approximate surface area is 132 Å². The molecule has 116 valence electrons. The fourth-order valence-corrected chi connectivity index (χ4v) is 2.22. The molecule has 0 unspecified atom stereocenters. The van der Waals surface area contributed by atoms with Gasteiger partial charge in [0.15, 0.2) is 5.96 Å². The molecule has 0 amide bonds. The van der Waals surface area contributed by atoms with Crippen molar-refractivity contribution in [2.75, 3.05) is 12.4 Å². The number of nitrogens with zero attached hydrogens (tertiary/aromatic N) is 1. The minimum absolute atomic E-state index is 0.422. The SMILES string of the molecule is CCc1cccc(NC(N)=NCc2cccc(COC)c2)c1. The Morgan fingerprint density at radius 1 is 1.09 bits per heavy atom. The van der Waals surface area contributed by atoms with Crippen molar-refractivity contribution in [3.8, 4) is 0 Å². The van der Waals surface area contributed by atoms with Crippen molar-refractivity contribution < 1.29 is 4.74 Å². The van der Waals surface area contributed by atoms with Crippen molar-refractivity contribution in [1.29, 1.82) is 0 Å². The quantitative estimate of drug-likeness (QED) is 0.635. The van der Waals surface area contributed by atoms with E-state index in [1.165, 1.54) is 5.56 Å². The van der Waals surface area contributed by atoms with E-state index in [0.717, 1.165) is 23.2 Å². The Balaban J connectivity index is 1.98. The first-order chi connectivity index (χ1) is 10.7. The van der Waals surface area contributed by atoms with Crippen LogP contribution in [0.25, 0.3) is 0 Å². The molecule has 2 rings (SSSR count). The van der Waals surface area contributed by atoms with Crippen LogP contribution in [0.2, 0.25) is 0 Å². The van der Waals surface area contributed by atoms with E-state index in [0.29, 0.717) is 19.1 Å². The van der Waals surface area contributed by atoms with Crippen LogP contribution >= 0.6 is 0 Å². The van der Waals surface area contributed by atoms with Gasteiger partial charge in [0.25, 0.3) is 0 Å². The number of hydrogen-bond acceptors (Lipinski definition) is 2. The Bertz CT molecular complexity index is 638. The fourth-order valence-electron chi connectivity index (χ4n) is 2.22. The Kier molecular flexibility index (Phi) is 5.98. The third-order valence-electron chi connectivity index (χ3n) is 3.34. The highest BCUT2D eigenvalue weighted by molar-refractivity contribution is 5.92. The molecule has 4 nitrogen and oxygen atoms in total. The summed E-state index contributed by atoms with van der Waals surface area (Å²) in [6, 6.07) is 16.3. The van der Waals surface area contributed by atoms with Crippen molar-refractivity contribution in [3.63, 3.8) is 0 Å². The molecule has 3 N–H and O–H groups in total. The number of aryl methyl sites for hydroxylation is 1. The number of nitrogens with one attached hydrogen (secondary N) is 1. The van der Waals surface area contributed by atoms with Crippen LogP contribution in [0.5, 0.6) is 0 Å². The summed E-state index contributed by atoms with van der Waals surface area (Å²) in [5, 5.41) is 3.13.